The standard InChI is InChI=1S/C23H32N4O2/c1-16(2)18-7-8-22-25-21(15-27(22)13-18)23(29)24-11-20(28)14-26-10-9-17-5-3-4-6-19(17)12-26/h3-6,15-16,18,20,28H,7-14H2,1-2H3,(H,24,29)/t18?,20-/m0/s1. The van der Waals surface area contributed by atoms with Crippen LogP contribution in [0.5, 0.6) is 0 Å². The van der Waals surface area contributed by atoms with Gasteiger partial charge in [0.25, 0.3) is 5.91 Å². The van der Waals surface area contributed by atoms with E-state index in [2.05, 4.69) is 57.9 Å². The Labute approximate surface area is 172 Å². The van der Waals surface area contributed by atoms with Crippen molar-refractivity contribution in [3.63, 3.8) is 0 Å². The van der Waals surface area contributed by atoms with Crippen molar-refractivity contribution in [2.45, 2.75) is 52.3 Å². The van der Waals surface area contributed by atoms with Crippen LogP contribution in [0.4, 0.5) is 0 Å². The maximum absolute atomic E-state index is 12.5. The van der Waals surface area contributed by atoms with Crippen LogP contribution in [-0.4, -0.2) is 51.2 Å². The predicted molar refractivity (Wildman–Crippen MR) is 113 cm³/mol. The number of nitrogens with zero attached hydrogens (tertiary/aromatic N) is 3. The number of amides is 1. The highest BCUT2D eigenvalue weighted by Crippen LogP contribution is 2.25. The number of aliphatic hydroxyl groups excluding tert-OH is 1. The van der Waals surface area contributed by atoms with Crippen LogP contribution in [0.25, 0.3) is 0 Å². The lowest BCUT2D eigenvalue weighted by Gasteiger charge is -2.30. The number of aliphatic hydroxyl groups is 1. The lowest BCUT2D eigenvalue weighted by Crippen LogP contribution is -2.42. The summed E-state index contributed by atoms with van der Waals surface area (Å²) >= 11 is 0. The van der Waals surface area contributed by atoms with Crippen molar-refractivity contribution < 1.29 is 9.90 Å². The van der Waals surface area contributed by atoms with Crippen molar-refractivity contribution >= 4 is 5.91 Å². The van der Waals surface area contributed by atoms with E-state index in [4.69, 9.17) is 0 Å². The first-order chi connectivity index (χ1) is 14.0. The molecule has 2 aromatic rings. The van der Waals surface area contributed by atoms with Gasteiger partial charge in [0, 0.05) is 45.3 Å². The molecule has 6 heteroatoms. The highest BCUT2D eigenvalue weighted by Gasteiger charge is 2.24. The summed E-state index contributed by atoms with van der Waals surface area (Å²) in [5, 5.41) is 13.3. The Hall–Kier alpha value is -2.18. The average Bonchev–Trinajstić information content (AvgIpc) is 3.15. The number of carbonyl (C=O) groups is 1. The molecule has 1 aromatic carbocycles. The second-order valence-electron chi connectivity index (χ2n) is 8.86. The van der Waals surface area contributed by atoms with Crippen LogP contribution in [0.15, 0.2) is 30.5 Å². The zero-order chi connectivity index (χ0) is 20.4. The molecule has 0 aliphatic carbocycles. The van der Waals surface area contributed by atoms with E-state index < -0.39 is 6.10 Å². The number of carbonyl (C=O) groups excluding carboxylic acids is 1. The summed E-state index contributed by atoms with van der Waals surface area (Å²) in [6.07, 6.45) is 4.34. The van der Waals surface area contributed by atoms with E-state index in [0.717, 1.165) is 44.7 Å². The van der Waals surface area contributed by atoms with Crippen LogP contribution in [0.2, 0.25) is 0 Å². The number of nitrogens with one attached hydrogen (secondary N) is 1. The molecule has 6 nitrogen and oxygen atoms in total. The van der Waals surface area contributed by atoms with Gasteiger partial charge in [0.15, 0.2) is 0 Å². The molecule has 0 bridgehead atoms. The second-order valence-corrected chi connectivity index (χ2v) is 8.86. The van der Waals surface area contributed by atoms with Gasteiger partial charge >= 0.3 is 0 Å². The van der Waals surface area contributed by atoms with Crippen LogP contribution < -0.4 is 5.32 Å². The molecule has 1 amide bonds. The fourth-order valence-corrected chi connectivity index (χ4v) is 4.50. The zero-order valence-corrected chi connectivity index (χ0v) is 17.5. The monoisotopic (exact) mass is 396 g/mol. The maximum atomic E-state index is 12.5. The minimum atomic E-state index is -0.591. The maximum Gasteiger partial charge on any atom is 0.271 e. The number of fused-ring (bicyclic) bond motifs is 2. The molecule has 4 rings (SSSR count). The van der Waals surface area contributed by atoms with Gasteiger partial charge in [-0.05, 0) is 35.8 Å². The Morgan fingerprint density at radius 3 is 2.86 bits per heavy atom. The quantitative estimate of drug-likeness (QED) is 0.786. The minimum absolute atomic E-state index is 0.198. The molecule has 2 aliphatic heterocycles. The van der Waals surface area contributed by atoms with Crippen LogP contribution in [0, 0.1) is 11.8 Å². The molecule has 2 atom stereocenters. The Morgan fingerprint density at radius 2 is 2.07 bits per heavy atom. The van der Waals surface area contributed by atoms with Gasteiger partial charge in [-0.15, -0.1) is 0 Å². The molecular weight excluding hydrogens is 364 g/mol. The Kier molecular flexibility index (Phi) is 6.01. The summed E-state index contributed by atoms with van der Waals surface area (Å²) in [7, 11) is 0. The first-order valence-electron chi connectivity index (χ1n) is 10.8. The first-order valence-corrected chi connectivity index (χ1v) is 10.8. The summed E-state index contributed by atoms with van der Waals surface area (Å²) in [6, 6.07) is 8.47. The molecule has 29 heavy (non-hydrogen) atoms. The smallest absolute Gasteiger partial charge is 0.271 e. The van der Waals surface area contributed by atoms with Gasteiger partial charge < -0.3 is 15.0 Å². The highest BCUT2D eigenvalue weighted by atomic mass is 16.3. The van der Waals surface area contributed by atoms with E-state index in [9.17, 15) is 9.90 Å². The summed E-state index contributed by atoms with van der Waals surface area (Å²) < 4.78 is 2.13. The number of hydrogen-bond donors (Lipinski definition) is 2. The van der Waals surface area contributed by atoms with E-state index in [1.54, 1.807) is 0 Å². The molecular formula is C23H32N4O2. The molecule has 2 N–H and O–H groups in total. The topological polar surface area (TPSA) is 70.4 Å². The zero-order valence-electron chi connectivity index (χ0n) is 17.5. The molecule has 0 spiro atoms. The first kappa shape index (κ1) is 20.1. The fourth-order valence-electron chi connectivity index (χ4n) is 4.50. The lowest BCUT2D eigenvalue weighted by molar-refractivity contribution is 0.0838. The number of benzene rings is 1. The summed E-state index contributed by atoms with van der Waals surface area (Å²) in [5.41, 5.74) is 3.19. The van der Waals surface area contributed by atoms with E-state index >= 15 is 0 Å². The van der Waals surface area contributed by atoms with E-state index in [1.807, 2.05) is 6.20 Å². The third-order valence-electron chi connectivity index (χ3n) is 6.38. The van der Waals surface area contributed by atoms with Crippen LogP contribution in [0.1, 0.15) is 47.7 Å². The van der Waals surface area contributed by atoms with Crippen molar-refractivity contribution in [1.29, 1.82) is 0 Å². The SMILES string of the molecule is CC(C)C1CCc2nc(C(=O)NC[C@H](O)CN3CCc4ccccc4C3)cn2C1. The molecule has 2 aliphatic rings. The molecule has 0 saturated carbocycles. The third-order valence-corrected chi connectivity index (χ3v) is 6.38. The molecule has 0 fully saturated rings. The molecule has 3 heterocycles. The average molecular weight is 397 g/mol. The van der Waals surface area contributed by atoms with Gasteiger partial charge in [0.1, 0.15) is 11.5 Å². The highest BCUT2D eigenvalue weighted by molar-refractivity contribution is 5.92. The predicted octanol–water partition coefficient (Wildman–Crippen LogP) is 2.25. The molecule has 0 saturated heterocycles. The molecule has 0 radical (unpaired) electrons. The Bertz CT molecular complexity index is 860. The van der Waals surface area contributed by atoms with E-state index in [1.165, 1.54) is 11.1 Å². The molecule has 1 unspecified atom stereocenters. The van der Waals surface area contributed by atoms with Gasteiger partial charge in [0.2, 0.25) is 0 Å². The number of aromatic nitrogens is 2. The van der Waals surface area contributed by atoms with Crippen LogP contribution in [-0.2, 0) is 25.9 Å². The van der Waals surface area contributed by atoms with Gasteiger partial charge in [-0.2, -0.15) is 0 Å². The number of rotatable bonds is 6. The van der Waals surface area contributed by atoms with Gasteiger partial charge in [-0.3, -0.25) is 9.69 Å². The Balaban J connectivity index is 1.27. The van der Waals surface area contributed by atoms with Crippen molar-refractivity contribution in [1.82, 2.24) is 19.8 Å². The third kappa shape index (κ3) is 4.70. The summed E-state index contributed by atoms with van der Waals surface area (Å²) in [6.45, 7) is 8.04. The largest absolute Gasteiger partial charge is 0.390 e. The Morgan fingerprint density at radius 1 is 1.28 bits per heavy atom. The lowest BCUT2D eigenvalue weighted by atomic mass is 9.89. The van der Waals surface area contributed by atoms with Crippen molar-refractivity contribution in [3.8, 4) is 0 Å². The van der Waals surface area contributed by atoms with Crippen molar-refractivity contribution in [3.05, 3.63) is 53.1 Å². The van der Waals surface area contributed by atoms with E-state index in [0.29, 0.717) is 24.1 Å². The van der Waals surface area contributed by atoms with E-state index in [-0.39, 0.29) is 12.5 Å². The number of β-amino-alcohol motifs (C(OH)–C–C–N with tert-alkyl or cyclic N) is 1. The van der Waals surface area contributed by atoms with Gasteiger partial charge in [0.05, 0.1) is 6.10 Å². The number of aryl methyl sites for hydroxylation is 1. The molecule has 1 aromatic heterocycles. The minimum Gasteiger partial charge on any atom is -0.390 e. The van der Waals surface area contributed by atoms with Crippen LogP contribution in [0.3, 0.4) is 0 Å². The van der Waals surface area contributed by atoms with Gasteiger partial charge in [-0.25, -0.2) is 4.98 Å². The number of hydrogen-bond acceptors (Lipinski definition) is 4. The summed E-state index contributed by atoms with van der Waals surface area (Å²) in [5.74, 6) is 2.08. The van der Waals surface area contributed by atoms with Crippen LogP contribution >= 0.6 is 0 Å². The molecule has 156 valence electrons. The summed E-state index contributed by atoms with van der Waals surface area (Å²) in [4.78, 5) is 19.3. The second kappa shape index (κ2) is 8.67. The normalized spacial score (nSPS) is 20.2. The van der Waals surface area contributed by atoms with Crippen molar-refractivity contribution in [2.75, 3.05) is 19.6 Å². The fraction of sp³-hybridized carbons (Fsp3) is 0.565. The number of imidazole rings is 1. The van der Waals surface area contributed by atoms with Crippen molar-refractivity contribution in [2.24, 2.45) is 11.8 Å². The van der Waals surface area contributed by atoms with Gasteiger partial charge in [-0.1, -0.05) is 38.1 Å².